The Labute approximate surface area is 118 Å². The van der Waals surface area contributed by atoms with Gasteiger partial charge in [0.25, 0.3) is 5.91 Å². The van der Waals surface area contributed by atoms with E-state index in [1.807, 2.05) is 0 Å². The summed E-state index contributed by atoms with van der Waals surface area (Å²) in [5, 5.41) is 22.2. The van der Waals surface area contributed by atoms with Crippen molar-refractivity contribution in [2.24, 2.45) is 0 Å². The minimum atomic E-state index is -0.523. The molecule has 0 unspecified atom stereocenters. The van der Waals surface area contributed by atoms with Crippen LogP contribution in [0.15, 0.2) is 18.2 Å². The molecule has 1 aliphatic rings. The van der Waals surface area contributed by atoms with Crippen LogP contribution in [-0.2, 0) is 0 Å². The maximum Gasteiger partial charge on any atom is 0.251 e. The lowest BCUT2D eigenvalue weighted by Gasteiger charge is -2.36. The molecule has 0 aliphatic heterocycles. The number of carbonyl (C=O) groups excluding carboxylic acids is 1. The average Bonchev–Trinajstić information content (AvgIpc) is 2.48. The van der Waals surface area contributed by atoms with Crippen LogP contribution in [0.3, 0.4) is 0 Å². The number of benzene rings is 1. The topological polar surface area (TPSA) is 78.8 Å². The van der Waals surface area contributed by atoms with E-state index in [2.05, 4.69) is 5.32 Å². The molecule has 0 radical (unpaired) electrons. The molecule has 0 atom stereocenters. The molecular formula is C15H21NO4. The van der Waals surface area contributed by atoms with Crippen LogP contribution in [0.25, 0.3) is 0 Å². The van der Waals surface area contributed by atoms with E-state index in [4.69, 9.17) is 4.74 Å². The zero-order valence-corrected chi connectivity index (χ0v) is 11.7. The van der Waals surface area contributed by atoms with E-state index in [0.29, 0.717) is 11.3 Å². The van der Waals surface area contributed by atoms with E-state index >= 15 is 0 Å². The molecule has 0 bridgehead atoms. The molecule has 5 nitrogen and oxygen atoms in total. The number of nitrogens with one attached hydrogen (secondary N) is 1. The summed E-state index contributed by atoms with van der Waals surface area (Å²) in [6.07, 6.45) is 4.74. The van der Waals surface area contributed by atoms with Crippen LogP contribution in [0.1, 0.15) is 42.5 Å². The number of ether oxygens (including phenoxy) is 1. The van der Waals surface area contributed by atoms with E-state index in [9.17, 15) is 15.0 Å². The minimum Gasteiger partial charge on any atom is -0.504 e. The zero-order valence-electron chi connectivity index (χ0n) is 11.7. The van der Waals surface area contributed by atoms with E-state index in [1.54, 1.807) is 12.1 Å². The molecule has 1 aliphatic carbocycles. The van der Waals surface area contributed by atoms with Gasteiger partial charge in [0.1, 0.15) is 0 Å². The largest absolute Gasteiger partial charge is 0.504 e. The quantitative estimate of drug-likeness (QED) is 0.785. The Hall–Kier alpha value is -1.75. The highest BCUT2D eigenvalue weighted by atomic mass is 16.5. The molecular weight excluding hydrogens is 258 g/mol. The Kier molecular flexibility index (Phi) is 4.49. The molecule has 2 rings (SSSR count). The maximum absolute atomic E-state index is 12.3. The van der Waals surface area contributed by atoms with Crippen LogP contribution in [-0.4, -0.2) is 35.4 Å². The van der Waals surface area contributed by atoms with Gasteiger partial charge in [-0.25, -0.2) is 0 Å². The minimum absolute atomic E-state index is 0.0547. The van der Waals surface area contributed by atoms with Gasteiger partial charge in [0.05, 0.1) is 19.3 Å². The van der Waals surface area contributed by atoms with Crippen LogP contribution in [0.4, 0.5) is 0 Å². The number of phenolic OH excluding ortho intramolecular Hbond substituents is 1. The van der Waals surface area contributed by atoms with Gasteiger partial charge < -0.3 is 20.3 Å². The smallest absolute Gasteiger partial charge is 0.251 e. The predicted octanol–water partition coefficient (Wildman–Crippen LogP) is 1.83. The molecule has 5 heteroatoms. The number of aromatic hydroxyl groups is 1. The molecule has 0 heterocycles. The third-order valence-electron chi connectivity index (χ3n) is 3.93. The summed E-state index contributed by atoms with van der Waals surface area (Å²) >= 11 is 0. The maximum atomic E-state index is 12.3. The van der Waals surface area contributed by atoms with Crippen molar-refractivity contribution in [2.75, 3.05) is 13.7 Å². The summed E-state index contributed by atoms with van der Waals surface area (Å²) in [4.78, 5) is 12.3. The van der Waals surface area contributed by atoms with E-state index in [0.717, 1.165) is 32.1 Å². The number of carbonyl (C=O) groups is 1. The summed E-state index contributed by atoms with van der Waals surface area (Å²) in [7, 11) is 1.46. The summed E-state index contributed by atoms with van der Waals surface area (Å²) < 4.78 is 4.95. The van der Waals surface area contributed by atoms with Crippen LogP contribution < -0.4 is 10.1 Å². The predicted molar refractivity (Wildman–Crippen MR) is 75.0 cm³/mol. The van der Waals surface area contributed by atoms with Crippen molar-refractivity contribution in [3.8, 4) is 11.5 Å². The molecule has 1 fully saturated rings. The van der Waals surface area contributed by atoms with Gasteiger partial charge in [-0.2, -0.15) is 0 Å². The van der Waals surface area contributed by atoms with E-state index in [-0.39, 0.29) is 18.3 Å². The number of hydrogen-bond acceptors (Lipinski definition) is 4. The van der Waals surface area contributed by atoms with Gasteiger partial charge in [0.2, 0.25) is 0 Å². The lowest BCUT2D eigenvalue weighted by molar-refractivity contribution is 0.0758. The van der Waals surface area contributed by atoms with Crippen LogP contribution in [0.2, 0.25) is 0 Å². The first-order valence-electron chi connectivity index (χ1n) is 6.91. The average molecular weight is 279 g/mol. The van der Waals surface area contributed by atoms with Crippen molar-refractivity contribution in [2.45, 2.75) is 37.6 Å². The molecule has 3 N–H and O–H groups in total. The molecule has 0 saturated heterocycles. The van der Waals surface area contributed by atoms with Crippen molar-refractivity contribution in [1.82, 2.24) is 5.32 Å². The number of rotatable bonds is 4. The lowest BCUT2D eigenvalue weighted by Crippen LogP contribution is -2.52. The molecule has 0 aromatic heterocycles. The highest BCUT2D eigenvalue weighted by Gasteiger charge is 2.33. The molecule has 1 aromatic rings. The fraction of sp³-hybridized carbons (Fsp3) is 0.533. The van der Waals surface area contributed by atoms with Crippen LogP contribution >= 0.6 is 0 Å². The van der Waals surface area contributed by atoms with Gasteiger partial charge in [0, 0.05) is 5.56 Å². The highest BCUT2D eigenvalue weighted by Crippen LogP contribution is 2.29. The Morgan fingerprint density at radius 1 is 1.35 bits per heavy atom. The van der Waals surface area contributed by atoms with Gasteiger partial charge in [-0.3, -0.25) is 4.79 Å². The Bertz CT molecular complexity index is 481. The molecule has 110 valence electrons. The molecule has 1 aromatic carbocycles. The SMILES string of the molecule is COc1ccc(C(=O)NC2(CO)CCCCC2)cc1O. The number of phenols is 1. The van der Waals surface area contributed by atoms with Gasteiger partial charge in [0.15, 0.2) is 11.5 Å². The zero-order chi connectivity index (χ0) is 14.6. The third kappa shape index (κ3) is 3.04. The second kappa shape index (κ2) is 6.13. The number of methoxy groups -OCH3 is 1. The molecule has 20 heavy (non-hydrogen) atoms. The van der Waals surface area contributed by atoms with Crippen molar-refractivity contribution in [3.05, 3.63) is 23.8 Å². The molecule has 0 spiro atoms. The van der Waals surface area contributed by atoms with E-state index in [1.165, 1.54) is 13.2 Å². The summed E-state index contributed by atoms with van der Waals surface area (Å²) in [5.74, 6) is -0.0168. The number of hydrogen-bond donors (Lipinski definition) is 3. The Morgan fingerprint density at radius 3 is 2.60 bits per heavy atom. The second-order valence-electron chi connectivity index (χ2n) is 5.34. The van der Waals surface area contributed by atoms with Gasteiger partial charge in [-0.15, -0.1) is 0 Å². The Morgan fingerprint density at radius 2 is 2.05 bits per heavy atom. The molecule has 1 saturated carbocycles. The first-order valence-corrected chi connectivity index (χ1v) is 6.91. The lowest BCUT2D eigenvalue weighted by atomic mass is 9.82. The summed E-state index contributed by atoms with van der Waals surface area (Å²) in [6, 6.07) is 4.53. The fourth-order valence-corrected chi connectivity index (χ4v) is 2.70. The Balaban J connectivity index is 2.12. The van der Waals surface area contributed by atoms with Gasteiger partial charge in [-0.1, -0.05) is 19.3 Å². The van der Waals surface area contributed by atoms with Crippen molar-refractivity contribution in [1.29, 1.82) is 0 Å². The summed E-state index contributed by atoms with van der Waals surface area (Å²) in [5.41, 5.74) is -0.160. The fourth-order valence-electron chi connectivity index (χ4n) is 2.70. The van der Waals surface area contributed by atoms with Gasteiger partial charge >= 0.3 is 0 Å². The van der Waals surface area contributed by atoms with Crippen LogP contribution in [0, 0.1) is 0 Å². The van der Waals surface area contributed by atoms with Gasteiger partial charge in [-0.05, 0) is 31.0 Å². The van der Waals surface area contributed by atoms with Crippen molar-refractivity contribution < 1.29 is 19.7 Å². The first kappa shape index (κ1) is 14.7. The van der Waals surface area contributed by atoms with E-state index < -0.39 is 5.54 Å². The number of amides is 1. The van der Waals surface area contributed by atoms with Crippen LogP contribution in [0.5, 0.6) is 11.5 Å². The first-order chi connectivity index (χ1) is 9.60. The standard InChI is InChI=1S/C15H21NO4/c1-20-13-6-5-11(9-12(13)18)14(19)16-15(10-17)7-3-2-4-8-15/h5-6,9,17-18H,2-4,7-8,10H2,1H3,(H,16,19). The normalized spacial score (nSPS) is 17.5. The number of aliphatic hydroxyl groups is 1. The third-order valence-corrected chi connectivity index (χ3v) is 3.93. The highest BCUT2D eigenvalue weighted by molar-refractivity contribution is 5.95. The summed E-state index contributed by atoms with van der Waals surface area (Å²) in [6.45, 7) is -0.0547. The molecule has 1 amide bonds. The second-order valence-corrected chi connectivity index (χ2v) is 5.34. The number of aliphatic hydroxyl groups excluding tert-OH is 1. The van der Waals surface area contributed by atoms with Crippen molar-refractivity contribution >= 4 is 5.91 Å². The van der Waals surface area contributed by atoms with Crippen molar-refractivity contribution in [3.63, 3.8) is 0 Å². The monoisotopic (exact) mass is 279 g/mol.